The molecule has 8 nitrogen and oxygen atoms in total. The van der Waals surface area contributed by atoms with E-state index in [-0.39, 0.29) is 5.91 Å². The fourth-order valence-corrected chi connectivity index (χ4v) is 6.32. The number of anilines is 1. The second kappa shape index (κ2) is 11.2. The van der Waals surface area contributed by atoms with E-state index in [1.54, 1.807) is 17.5 Å². The van der Waals surface area contributed by atoms with Gasteiger partial charge in [-0.3, -0.25) is 9.48 Å². The maximum atomic E-state index is 14.0. The first-order chi connectivity index (χ1) is 20.0. The van der Waals surface area contributed by atoms with Crippen molar-refractivity contribution in [1.29, 1.82) is 0 Å². The maximum absolute atomic E-state index is 14.0. The molecule has 0 aliphatic carbocycles. The number of nitrogens with two attached hydrogens (primary N) is 1. The molecule has 3 aromatic carbocycles. The molecule has 208 valence electrons. The number of methoxy groups -OCH3 is 1. The van der Waals surface area contributed by atoms with E-state index < -0.39 is 5.97 Å². The average molecular weight is 567 g/mol. The summed E-state index contributed by atoms with van der Waals surface area (Å²) >= 11 is 1.62. The molecule has 0 saturated carbocycles. The highest BCUT2D eigenvalue weighted by molar-refractivity contribution is 7.13. The normalized spacial score (nSPS) is 12.3. The van der Waals surface area contributed by atoms with Crippen molar-refractivity contribution in [2.24, 2.45) is 5.73 Å². The van der Waals surface area contributed by atoms with Gasteiger partial charge in [0.25, 0.3) is 5.91 Å². The first-order valence-corrected chi connectivity index (χ1v) is 14.5. The number of hydrogen-bond donors (Lipinski definition) is 2. The minimum Gasteiger partial charge on any atom is -0.493 e. The van der Waals surface area contributed by atoms with E-state index in [9.17, 15) is 9.59 Å². The first kappa shape index (κ1) is 26.7. The second-order valence-electron chi connectivity index (χ2n) is 9.90. The highest BCUT2D eigenvalue weighted by Crippen LogP contribution is 2.44. The highest BCUT2D eigenvalue weighted by Gasteiger charge is 2.27. The molecular formula is C32H30N4O4S. The largest absolute Gasteiger partial charge is 0.493 e. The Morgan fingerprint density at radius 3 is 2.68 bits per heavy atom. The highest BCUT2D eigenvalue weighted by atomic mass is 32.1. The Kier molecular flexibility index (Phi) is 7.30. The van der Waals surface area contributed by atoms with Crippen LogP contribution >= 0.6 is 11.3 Å². The van der Waals surface area contributed by atoms with Crippen LogP contribution in [0.1, 0.15) is 45.2 Å². The molecule has 5 aromatic rings. The van der Waals surface area contributed by atoms with Crippen molar-refractivity contribution in [3.8, 4) is 27.3 Å². The number of benzene rings is 3. The third-order valence-corrected chi connectivity index (χ3v) is 8.36. The van der Waals surface area contributed by atoms with Gasteiger partial charge in [0.15, 0.2) is 0 Å². The van der Waals surface area contributed by atoms with Gasteiger partial charge in [0, 0.05) is 46.6 Å². The molecule has 1 aliphatic rings. The quantitative estimate of drug-likeness (QED) is 0.225. The van der Waals surface area contributed by atoms with Gasteiger partial charge in [-0.1, -0.05) is 25.1 Å². The Balaban J connectivity index is 1.57. The summed E-state index contributed by atoms with van der Waals surface area (Å²) in [5.74, 6) is -0.132. The first-order valence-electron chi connectivity index (χ1n) is 13.6. The number of rotatable bonds is 7. The van der Waals surface area contributed by atoms with Crippen LogP contribution in [0.4, 0.5) is 5.69 Å². The summed E-state index contributed by atoms with van der Waals surface area (Å²) < 4.78 is 13.3. The predicted molar refractivity (Wildman–Crippen MR) is 162 cm³/mol. The molecule has 0 atom stereocenters. The van der Waals surface area contributed by atoms with Gasteiger partial charge in [0.05, 0.1) is 31.0 Å². The van der Waals surface area contributed by atoms with Gasteiger partial charge in [0.1, 0.15) is 5.75 Å². The van der Waals surface area contributed by atoms with Gasteiger partial charge < -0.3 is 20.5 Å². The smallest absolute Gasteiger partial charge is 0.339 e. The van der Waals surface area contributed by atoms with Crippen molar-refractivity contribution in [3.05, 3.63) is 88.4 Å². The van der Waals surface area contributed by atoms with Crippen LogP contribution in [-0.4, -0.2) is 35.4 Å². The number of esters is 1. The summed E-state index contributed by atoms with van der Waals surface area (Å²) in [6, 6.07) is 17.1. The number of amides is 1. The molecule has 9 heteroatoms. The number of fused-ring (bicyclic) bond motifs is 4. The van der Waals surface area contributed by atoms with Crippen LogP contribution in [0.2, 0.25) is 0 Å². The third-order valence-electron chi connectivity index (χ3n) is 7.37. The molecule has 0 bridgehead atoms. The van der Waals surface area contributed by atoms with Crippen molar-refractivity contribution in [1.82, 2.24) is 9.78 Å². The summed E-state index contributed by atoms with van der Waals surface area (Å²) in [4.78, 5) is 28.4. The number of aryl methyl sites for hydroxylation is 1. The minimum atomic E-state index is -0.498. The number of thiophene rings is 1. The number of nitrogens with one attached hydrogen (secondary N) is 1. The molecule has 2 aromatic heterocycles. The molecule has 1 aliphatic heterocycles. The van der Waals surface area contributed by atoms with Crippen LogP contribution in [-0.2, 0) is 24.2 Å². The van der Waals surface area contributed by atoms with E-state index in [2.05, 4.69) is 28.8 Å². The SMILES string of the molecule is CCCn1ncc2c(C(=O)OC)c(-c3cc4c(cc3C(=O)Nc3ccc(CN)cc3)-c3sccc3CCO4)ccc21. The molecule has 1 amide bonds. The molecule has 3 heterocycles. The zero-order valence-electron chi connectivity index (χ0n) is 22.9. The Labute approximate surface area is 241 Å². The minimum absolute atomic E-state index is 0.303. The van der Waals surface area contributed by atoms with E-state index in [1.165, 1.54) is 12.7 Å². The monoisotopic (exact) mass is 566 g/mol. The van der Waals surface area contributed by atoms with Gasteiger partial charge in [-0.25, -0.2) is 4.79 Å². The molecule has 0 saturated heterocycles. The Bertz CT molecular complexity index is 1770. The van der Waals surface area contributed by atoms with Crippen LogP contribution in [0.25, 0.3) is 32.5 Å². The van der Waals surface area contributed by atoms with Crippen molar-refractivity contribution in [2.45, 2.75) is 32.9 Å². The summed E-state index contributed by atoms with van der Waals surface area (Å²) in [6.45, 7) is 3.73. The van der Waals surface area contributed by atoms with Crippen molar-refractivity contribution in [2.75, 3.05) is 19.0 Å². The molecular weight excluding hydrogens is 536 g/mol. The Hall–Kier alpha value is -4.47. The Morgan fingerprint density at radius 2 is 1.93 bits per heavy atom. The lowest BCUT2D eigenvalue weighted by Crippen LogP contribution is -2.15. The predicted octanol–water partition coefficient (Wildman–Crippen LogP) is 6.27. The second-order valence-corrected chi connectivity index (χ2v) is 10.8. The zero-order chi connectivity index (χ0) is 28.5. The van der Waals surface area contributed by atoms with E-state index in [1.807, 2.05) is 53.2 Å². The van der Waals surface area contributed by atoms with Crippen LogP contribution < -0.4 is 15.8 Å². The molecule has 0 radical (unpaired) electrons. The van der Waals surface area contributed by atoms with E-state index in [4.69, 9.17) is 15.2 Å². The fraction of sp³-hybridized carbons (Fsp3) is 0.219. The molecule has 0 fully saturated rings. The lowest BCUT2D eigenvalue weighted by atomic mass is 9.90. The molecule has 41 heavy (non-hydrogen) atoms. The van der Waals surface area contributed by atoms with Crippen molar-refractivity contribution in [3.63, 3.8) is 0 Å². The molecule has 6 rings (SSSR count). The van der Waals surface area contributed by atoms with Crippen LogP contribution in [0.5, 0.6) is 5.75 Å². The number of aromatic nitrogens is 2. The van der Waals surface area contributed by atoms with E-state index in [0.29, 0.717) is 52.2 Å². The summed E-state index contributed by atoms with van der Waals surface area (Å²) in [7, 11) is 1.36. The summed E-state index contributed by atoms with van der Waals surface area (Å²) in [5.41, 5.74) is 12.2. The Morgan fingerprint density at radius 1 is 1.10 bits per heavy atom. The van der Waals surface area contributed by atoms with Crippen LogP contribution in [0.3, 0.4) is 0 Å². The molecule has 3 N–H and O–H groups in total. The van der Waals surface area contributed by atoms with Gasteiger partial charge >= 0.3 is 5.97 Å². The average Bonchev–Trinajstić information content (AvgIpc) is 3.59. The van der Waals surface area contributed by atoms with Gasteiger partial charge in [-0.15, -0.1) is 11.3 Å². The van der Waals surface area contributed by atoms with Crippen molar-refractivity contribution < 1.29 is 19.1 Å². The van der Waals surface area contributed by atoms with Crippen LogP contribution in [0.15, 0.2) is 66.2 Å². The summed E-state index contributed by atoms with van der Waals surface area (Å²) in [6.07, 6.45) is 3.36. The topological polar surface area (TPSA) is 108 Å². The number of nitrogens with zero attached hydrogens (tertiary/aromatic N) is 2. The van der Waals surface area contributed by atoms with Crippen LogP contribution in [0, 0.1) is 0 Å². The maximum Gasteiger partial charge on any atom is 0.339 e. The van der Waals surface area contributed by atoms with Gasteiger partial charge in [-0.05, 0) is 70.5 Å². The molecule has 0 spiro atoms. The standard InChI is InChI=1S/C32H30N4O4S/c1-3-12-36-27-9-8-22(29(32(38)39-2)26(27)18-34-36)23-16-28-25(30-20(10-13-40-28)11-14-41-30)15-24(23)31(37)35-21-6-4-19(17-33)5-7-21/h4-9,11,14-16,18H,3,10,12-13,17,33H2,1-2H3,(H,35,37). The zero-order valence-corrected chi connectivity index (χ0v) is 23.7. The lowest BCUT2D eigenvalue weighted by molar-refractivity contribution is 0.0603. The number of carbonyl (C=O) groups excluding carboxylic acids is 2. The van der Waals surface area contributed by atoms with Gasteiger partial charge in [-0.2, -0.15) is 5.10 Å². The van der Waals surface area contributed by atoms with Crippen molar-refractivity contribution >= 4 is 39.8 Å². The number of hydrogen-bond acceptors (Lipinski definition) is 7. The van der Waals surface area contributed by atoms with Gasteiger partial charge in [0.2, 0.25) is 0 Å². The number of carbonyl (C=O) groups is 2. The number of ether oxygens (including phenoxy) is 2. The third kappa shape index (κ3) is 4.87. The lowest BCUT2D eigenvalue weighted by Gasteiger charge is -2.18. The fourth-order valence-electron chi connectivity index (χ4n) is 5.34. The van der Waals surface area contributed by atoms with E-state index >= 15 is 0 Å². The molecule has 0 unspecified atom stereocenters. The summed E-state index contributed by atoms with van der Waals surface area (Å²) in [5, 5.41) is 10.3. The van der Waals surface area contributed by atoms with E-state index in [0.717, 1.165) is 40.9 Å².